The van der Waals surface area contributed by atoms with E-state index in [-0.39, 0.29) is 0 Å². The number of hydrogen-bond donors (Lipinski definition) is 2. The molecule has 0 atom stereocenters. The van der Waals surface area contributed by atoms with Crippen LogP contribution >= 0.6 is 0 Å². The third-order valence-corrected chi connectivity index (χ3v) is 3.13. The summed E-state index contributed by atoms with van der Waals surface area (Å²) in [5.41, 5.74) is 5.60. The van der Waals surface area contributed by atoms with Crippen molar-refractivity contribution in [2.24, 2.45) is 16.6 Å². The van der Waals surface area contributed by atoms with Gasteiger partial charge in [-0.2, -0.15) is 0 Å². The number of likely N-dealkylation sites (tertiary alicyclic amines) is 1. The molecule has 1 heterocycles. The van der Waals surface area contributed by atoms with Gasteiger partial charge in [0.15, 0.2) is 5.96 Å². The van der Waals surface area contributed by atoms with Crippen molar-refractivity contribution in [3.63, 3.8) is 0 Å². The topological polar surface area (TPSA) is 62.9 Å². The van der Waals surface area contributed by atoms with Gasteiger partial charge >= 0.3 is 0 Å². The van der Waals surface area contributed by atoms with Gasteiger partial charge in [0.1, 0.15) is 0 Å². The number of ether oxygens (including phenoxy) is 1. The molecule has 1 aliphatic rings. The Hall–Kier alpha value is -0.810. The van der Waals surface area contributed by atoms with Crippen molar-refractivity contribution >= 4 is 5.96 Å². The van der Waals surface area contributed by atoms with Crippen molar-refractivity contribution in [1.29, 1.82) is 0 Å². The first-order chi connectivity index (χ1) is 7.76. The number of nitrogens with one attached hydrogen (secondary N) is 1. The van der Waals surface area contributed by atoms with Gasteiger partial charge < -0.3 is 20.7 Å². The van der Waals surface area contributed by atoms with E-state index < -0.39 is 0 Å². The summed E-state index contributed by atoms with van der Waals surface area (Å²) in [5, 5.41) is 3.14. The maximum atomic E-state index is 5.60. The first-order valence-corrected chi connectivity index (χ1v) is 5.93. The molecule has 3 N–H and O–H groups in total. The minimum absolute atomic E-state index is 0.543. The molecular formula is C11H24N4O. The van der Waals surface area contributed by atoms with Crippen LogP contribution in [0.4, 0.5) is 0 Å². The van der Waals surface area contributed by atoms with Crippen molar-refractivity contribution < 1.29 is 4.74 Å². The molecule has 16 heavy (non-hydrogen) atoms. The van der Waals surface area contributed by atoms with Crippen molar-refractivity contribution in [2.75, 3.05) is 46.9 Å². The van der Waals surface area contributed by atoms with E-state index in [0.29, 0.717) is 5.96 Å². The van der Waals surface area contributed by atoms with E-state index in [2.05, 4.69) is 15.2 Å². The van der Waals surface area contributed by atoms with Gasteiger partial charge in [-0.05, 0) is 31.8 Å². The Morgan fingerprint density at radius 3 is 2.75 bits per heavy atom. The largest absolute Gasteiger partial charge is 0.383 e. The van der Waals surface area contributed by atoms with Crippen LogP contribution in [0.1, 0.15) is 12.8 Å². The minimum atomic E-state index is 0.543. The Morgan fingerprint density at radius 1 is 1.50 bits per heavy atom. The van der Waals surface area contributed by atoms with Crippen LogP contribution in [0.2, 0.25) is 0 Å². The standard InChI is InChI=1S/C11H24N4O/c1-13-11(12)14-9-10-3-5-15(6-4-10)7-8-16-2/h10H,3-9H2,1-2H3,(H3,12,13,14). The normalized spacial score (nSPS) is 20.0. The predicted octanol–water partition coefficient (Wildman–Crippen LogP) is -0.121. The highest BCUT2D eigenvalue weighted by Gasteiger charge is 2.18. The molecule has 0 spiro atoms. The van der Waals surface area contributed by atoms with Crippen LogP contribution in [0.3, 0.4) is 0 Å². The maximum Gasteiger partial charge on any atom is 0.188 e. The van der Waals surface area contributed by atoms with E-state index in [0.717, 1.165) is 25.6 Å². The van der Waals surface area contributed by atoms with Crippen LogP contribution in [-0.2, 0) is 4.74 Å². The van der Waals surface area contributed by atoms with Gasteiger partial charge in [-0.1, -0.05) is 0 Å². The summed E-state index contributed by atoms with van der Waals surface area (Å²) in [5.74, 6) is 1.26. The van der Waals surface area contributed by atoms with Gasteiger partial charge in [0.25, 0.3) is 0 Å². The molecule has 0 bridgehead atoms. The van der Waals surface area contributed by atoms with E-state index in [1.54, 1.807) is 14.2 Å². The quantitative estimate of drug-likeness (QED) is 0.509. The van der Waals surface area contributed by atoms with E-state index >= 15 is 0 Å². The van der Waals surface area contributed by atoms with Crippen LogP contribution < -0.4 is 11.1 Å². The van der Waals surface area contributed by atoms with E-state index in [4.69, 9.17) is 10.5 Å². The summed E-state index contributed by atoms with van der Waals surface area (Å²) in [6.45, 7) is 5.16. The second-order valence-electron chi connectivity index (χ2n) is 4.27. The van der Waals surface area contributed by atoms with Crippen LogP contribution in [0, 0.1) is 5.92 Å². The molecule has 0 aromatic carbocycles. The maximum absolute atomic E-state index is 5.60. The summed E-state index contributed by atoms with van der Waals surface area (Å²) in [6.07, 6.45) is 2.46. The molecular weight excluding hydrogens is 204 g/mol. The third kappa shape index (κ3) is 4.81. The van der Waals surface area contributed by atoms with Crippen molar-refractivity contribution in [3.05, 3.63) is 0 Å². The van der Waals surface area contributed by atoms with Crippen molar-refractivity contribution in [1.82, 2.24) is 10.2 Å². The fourth-order valence-corrected chi connectivity index (χ4v) is 1.96. The molecule has 0 aliphatic carbocycles. The molecule has 0 aromatic heterocycles. The van der Waals surface area contributed by atoms with Crippen LogP contribution in [-0.4, -0.2) is 57.8 Å². The number of piperidine rings is 1. The second kappa shape index (κ2) is 7.46. The molecule has 0 amide bonds. The number of rotatable bonds is 5. The molecule has 1 rings (SSSR count). The lowest BCUT2D eigenvalue weighted by Crippen LogP contribution is -2.41. The predicted molar refractivity (Wildman–Crippen MR) is 66.6 cm³/mol. The Balaban J connectivity index is 2.12. The molecule has 0 saturated carbocycles. The zero-order valence-corrected chi connectivity index (χ0v) is 10.4. The minimum Gasteiger partial charge on any atom is -0.383 e. The lowest BCUT2D eigenvalue weighted by molar-refractivity contribution is 0.121. The Labute approximate surface area is 98.0 Å². The average Bonchev–Trinajstić information content (AvgIpc) is 2.34. The second-order valence-corrected chi connectivity index (χ2v) is 4.27. The Bertz CT molecular complexity index is 212. The molecule has 1 fully saturated rings. The summed E-state index contributed by atoms with van der Waals surface area (Å²) in [4.78, 5) is 6.34. The van der Waals surface area contributed by atoms with Crippen molar-refractivity contribution in [2.45, 2.75) is 12.8 Å². The molecule has 0 aromatic rings. The highest BCUT2D eigenvalue weighted by molar-refractivity contribution is 5.77. The van der Waals surface area contributed by atoms with Crippen LogP contribution in [0.25, 0.3) is 0 Å². The molecule has 5 heteroatoms. The number of methoxy groups -OCH3 is 1. The average molecular weight is 228 g/mol. The van der Waals surface area contributed by atoms with Gasteiger partial charge in [0.2, 0.25) is 0 Å². The first-order valence-electron chi connectivity index (χ1n) is 5.93. The molecule has 0 radical (unpaired) electrons. The molecule has 1 aliphatic heterocycles. The zero-order valence-electron chi connectivity index (χ0n) is 10.4. The van der Waals surface area contributed by atoms with Crippen molar-refractivity contribution in [3.8, 4) is 0 Å². The SMILES string of the molecule is CN=C(N)NCC1CCN(CCOC)CC1. The highest BCUT2D eigenvalue weighted by Crippen LogP contribution is 2.15. The smallest absolute Gasteiger partial charge is 0.188 e. The number of nitrogens with zero attached hydrogens (tertiary/aromatic N) is 2. The number of guanidine groups is 1. The van der Waals surface area contributed by atoms with Crippen LogP contribution in [0.15, 0.2) is 4.99 Å². The number of nitrogens with two attached hydrogens (primary N) is 1. The zero-order chi connectivity index (χ0) is 11.8. The van der Waals surface area contributed by atoms with Gasteiger partial charge in [0, 0.05) is 27.2 Å². The van der Waals surface area contributed by atoms with Gasteiger partial charge in [-0.15, -0.1) is 0 Å². The molecule has 0 unspecified atom stereocenters. The monoisotopic (exact) mass is 228 g/mol. The number of hydrogen-bond acceptors (Lipinski definition) is 3. The van der Waals surface area contributed by atoms with Gasteiger partial charge in [-0.3, -0.25) is 4.99 Å². The summed E-state index contributed by atoms with van der Waals surface area (Å²) in [6, 6.07) is 0. The van der Waals surface area contributed by atoms with E-state index in [1.165, 1.54) is 25.9 Å². The first kappa shape index (κ1) is 13.3. The lowest BCUT2D eigenvalue weighted by atomic mass is 9.97. The third-order valence-electron chi connectivity index (χ3n) is 3.13. The van der Waals surface area contributed by atoms with Gasteiger partial charge in [-0.25, -0.2) is 0 Å². The molecule has 94 valence electrons. The van der Waals surface area contributed by atoms with Gasteiger partial charge in [0.05, 0.1) is 6.61 Å². The summed E-state index contributed by atoms with van der Waals surface area (Å²) in [7, 11) is 3.46. The Kier molecular flexibility index (Phi) is 6.18. The fourth-order valence-electron chi connectivity index (χ4n) is 1.96. The number of aliphatic imine (C=N–C) groups is 1. The Morgan fingerprint density at radius 2 is 2.19 bits per heavy atom. The van der Waals surface area contributed by atoms with E-state index in [1.807, 2.05) is 0 Å². The fraction of sp³-hybridized carbons (Fsp3) is 0.909. The molecule has 1 saturated heterocycles. The van der Waals surface area contributed by atoms with Crippen LogP contribution in [0.5, 0.6) is 0 Å². The summed E-state index contributed by atoms with van der Waals surface area (Å²) < 4.78 is 5.08. The highest BCUT2D eigenvalue weighted by atomic mass is 16.5. The molecule has 5 nitrogen and oxygen atoms in total. The van der Waals surface area contributed by atoms with E-state index in [9.17, 15) is 0 Å². The summed E-state index contributed by atoms with van der Waals surface area (Å²) >= 11 is 0. The lowest BCUT2D eigenvalue weighted by Gasteiger charge is -2.31.